The van der Waals surface area contributed by atoms with E-state index in [4.69, 9.17) is 0 Å². The fourth-order valence-corrected chi connectivity index (χ4v) is 2.56. The minimum absolute atomic E-state index is 0.0618. The molecule has 0 saturated heterocycles. The SMILES string of the molecule is CCCCCCC(C)[SiH2]NC. The lowest BCUT2D eigenvalue weighted by Crippen LogP contribution is -2.17. The van der Waals surface area contributed by atoms with E-state index in [1.807, 2.05) is 0 Å². The van der Waals surface area contributed by atoms with E-state index in [1.54, 1.807) is 0 Å². The Kier molecular flexibility index (Phi) is 8.41. The molecule has 0 aromatic rings. The van der Waals surface area contributed by atoms with E-state index < -0.39 is 0 Å². The molecule has 0 bridgehead atoms. The van der Waals surface area contributed by atoms with Crippen LogP contribution >= 0.6 is 0 Å². The van der Waals surface area contributed by atoms with Crippen molar-refractivity contribution in [3.05, 3.63) is 0 Å². The van der Waals surface area contributed by atoms with E-state index in [-0.39, 0.29) is 9.68 Å². The molecule has 0 fully saturated rings. The molecule has 0 aliphatic carbocycles. The zero-order chi connectivity index (χ0) is 8.53. The fraction of sp³-hybridized carbons (Fsp3) is 1.00. The zero-order valence-corrected chi connectivity index (χ0v) is 9.73. The summed E-state index contributed by atoms with van der Waals surface area (Å²) in [6.07, 6.45) is 7.13. The fourth-order valence-electron chi connectivity index (χ4n) is 1.37. The van der Waals surface area contributed by atoms with Gasteiger partial charge in [-0.15, -0.1) is 0 Å². The van der Waals surface area contributed by atoms with Crippen LogP contribution in [-0.2, 0) is 0 Å². The minimum Gasteiger partial charge on any atom is -0.345 e. The Morgan fingerprint density at radius 3 is 2.55 bits per heavy atom. The molecule has 0 rings (SSSR count). The van der Waals surface area contributed by atoms with Crippen molar-refractivity contribution in [3.8, 4) is 0 Å². The van der Waals surface area contributed by atoms with Gasteiger partial charge < -0.3 is 4.98 Å². The Labute approximate surface area is 73.9 Å². The van der Waals surface area contributed by atoms with E-state index in [1.165, 1.54) is 32.1 Å². The van der Waals surface area contributed by atoms with Gasteiger partial charge in [-0.3, -0.25) is 0 Å². The molecule has 0 amide bonds. The molecule has 0 saturated carbocycles. The van der Waals surface area contributed by atoms with Crippen LogP contribution in [0, 0.1) is 0 Å². The van der Waals surface area contributed by atoms with E-state index in [9.17, 15) is 0 Å². The maximum atomic E-state index is 3.35. The number of hydrogen-bond acceptors (Lipinski definition) is 1. The number of hydrogen-bond donors (Lipinski definition) is 1. The van der Waals surface area contributed by atoms with Gasteiger partial charge in [0.15, 0.2) is 0 Å². The second kappa shape index (κ2) is 8.28. The Bertz CT molecular complexity index is 76.0. The van der Waals surface area contributed by atoms with Crippen molar-refractivity contribution in [2.45, 2.75) is 51.5 Å². The van der Waals surface area contributed by atoms with Crippen molar-refractivity contribution < 1.29 is 0 Å². The van der Waals surface area contributed by atoms with Gasteiger partial charge in [-0.1, -0.05) is 46.0 Å². The van der Waals surface area contributed by atoms with E-state index in [0.717, 1.165) is 5.54 Å². The predicted molar refractivity (Wildman–Crippen MR) is 55.8 cm³/mol. The summed E-state index contributed by atoms with van der Waals surface area (Å²) in [6.45, 7) is 4.65. The van der Waals surface area contributed by atoms with Gasteiger partial charge in [-0.05, 0) is 12.6 Å². The molecule has 0 aliphatic heterocycles. The van der Waals surface area contributed by atoms with Gasteiger partial charge >= 0.3 is 0 Å². The van der Waals surface area contributed by atoms with E-state index >= 15 is 0 Å². The summed E-state index contributed by atoms with van der Waals surface area (Å²) in [7, 11) is 2.15. The Morgan fingerprint density at radius 1 is 1.27 bits per heavy atom. The van der Waals surface area contributed by atoms with Crippen molar-refractivity contribution in [1.29, 1.82) is 0 Å². The highest BCUT2D eigenvalue weighted by Gasteiger charge is 1.99. The highest BCUT2D eigenvalue weighted by Crippen LogP contribution is 2.12. The topological polar surface area (TPSA) is 12.0 Å². The lowest BCUT2D eigenvalue weighted by molar-refractivity contribution is 0.620. The van der Waals surface area contributed by atoms with Crippen LogP contribution < -0.4 is 4.98 Å². The van der Waals surface area contributed by atoms with Crippen LogP contribution in [0.3, 0.4) is 0 Å². The summed E-state index contributed by atoms with van der Waals surface area (Å²) in [5.74, 6) is 0. The Hall–Kier alpha value is 0.177. The first-order valence-corrected chi connectivity index (χ1v) is 6.48. The van der Waals surface area contributed by atoms with Crippen molar-refractivity contribution in [2.24, 2.45) is 0 Å². The average Bonchev–Trinajstić information content (AvgIpc) is 1.99. The lowest BCUT2D eigenvalue weighted by Gasteiger charge is -2.08. The average molecular weight is 173 g/mol. The van der Waals surface area contributed by atoms with Gasteiger partial charge in [0.1, 0.15) is 0 Å². The van der Waals surface area contributed by atoms with Crippen molar-refractivity contribution in [3.63, 3.8) is 0 Å². The molecule has 0 aromatic carbocycles. The molecule has 0 aliphatic rings. The van der Waals surface area contributed by atoms with Crippen LogP contribution in [0.5, 0.6) is 0 Å². The Morgan fingerprint density at radius 2 is 2.00 bits per heavy atom. The maximum absolute atomic E-state index is 3.35. The summed E-state index contributed by atoms with van der Waals surface area (Å²) >= 11 is 0. The Balaban J connectivity index is 2.97. The third-order valence-corrected chi connectivity index (χ3v) is 3.62. The van der Waals surface area contributed by atoms with Crippen LogP contribution in [-0.4, -0.2) is 16.7 Å². The summed E-state index contributed by atoms with van der Waals surface area (Å²) in [4.78, 5) is 3.35. The lowest BCUT2D eigenvalue weighted by atomic mass is 10.1. The van der Waals surface area contributed by atoms with Crippen LogP contribution in [0.2, 0.25) is 5.54 Å². The third kappa shape index (κ3) is 8.08. The van der Waals surface area contributed by atoms with E-state index in [0.29, 0.717) is 0 Å². The smallest absolute Gasteiger partial charge is 0.0941 e. The monoisotopic (exact) mass is 173 g/mol. The quantitative estimate of drug-likeness (QED) is 0.459. The molecule has 1 unspecified atom stereocenters. The van der Waals surface area contributed by atoms with Crippen LogP contribution in [0.4, 0.5) is 0 Å². The highest BCUT2D eigenvalue weighted by atomic mass is 28.2. The first kappa shape index (κ1) is 11.2. The number of unbranched alkanes of at least 4 members (excludes halogenated alkanes) is 3. The first-order valence-electron chi connectivity index (χ1n) is 4.95. The summed E-state index contributed by atoms with van der Waals surface area (Å²) in [5.41, 5.74) is 0.997. The standard InChI is InChI=1S/C9H23NSi/c1-4-5-6-7-8-9(2)11-10-3/h9-10H,4-8,11H2,1-3H3. The van der Waals surface area contributed by atoms with Gasteiger partial charge in [0.05, 0.1) is 9.68 Å². The minimum atomic E-state index is 0.0618. The van der Waals surface area contributed by atoms with Gasteiger partial charge in [-0.2, -0.15) is 0 Å². The van der Waals surface area contributed by atoms with Gasteiger partial charge in [-0.25, -0.2) is 0 Å². The third-order valence-electron chi connectivity index (χ3n) is 2.10. The molecule has 1 N–H and O–H groups in total. The van der Waals surface area contributed by atoms with Crippen molar-refractivity contribution >= 4 is 9.68 Å². The van der Waals surface area contributed by atoms with Gasteiger partial charge in [0.25, 0.3) is 0 Å². The molecule has 0 aromatic heterocycles. The predicted octanol–water partition coefficient (Wildman–Crippen LogP) is 2.07. The molecule has 0 heterocycles. The highest BCUT2D eigenvalue weighted by molar-refractivity contribution is 6.34. The number of nitrogens with one attached hydrogen (secondary N) is 1. The van der Waals surface area contributed by atoms with Gasteiger partial charge in [0, 0.05) is 0 Å². The van der Waals surface area contributed by atoms with Crippen molar-refractivity contribution in [1.82, 2.24) is 4.98 Å². The zero-order valence-electron chi connectivity index (χ0n) is 8.32. The molecule has 1 atom stereocenters. The normalized spacial score (nSPS) is 14.5. The molecule has 0 radical (unpaired) electrons. The molecule has 2 heteroatoms. The molecular weight excluding hydrogens is 150 g/mol. The van der Waals surface area contributed by atoms with E-state index in [2.05, 4.69) is 25.9 Å². The van der Waals surface area contributed by atoms with Crippen molar-refractivity contribution in [2.75, 3.05) is 7.05 Å². The molecule has 0 spiro atoms. The van der Waals surface area contributed by atoms with Crippen LogP contribution in [0.1, 0.15) is 46.0 Å². The largest absolute Gasteiger partial charge is 0.345 e. The van der Waals surface area contributed by atoms with Gasteiger partial charge in [0.2, 0.25) is 0 Å². The summed E-state index contributed by atoms with van der Waals surface area (Å²) in [6, 6.07) is 0. The second-order valence-electron chi connectivity index (χ2n) is 3.51. The first-order chi connectivity index (χ1) is 5.31. The second-order valence-corrected chi connectivity index (χ2v) is 6.02. The number of rotatable bonds is 7. The van der Waals surface area contributed by atoms with Crippen LogP contribution in [0.15, 0.2) is 0 Å². The molecular formula is C9H23NSi. The summed E-state index contributed by atoms with van der Waals surface area (Å²) in [5, 5.41) is 0. The summed E-state index contributed by atoms with van der Waals surface area (Å²) < 4.78 is 0. The maximum Gasteiger partial charge on any atom is 0.0941 e. The molecule has 1 nitrogen and oxygen atoms in total. The molecule has 11 heavy (non-hydrogen) atoms. The van der Waals surface area contributed by atoms with Crippen LogP contribution in [0.25, 0.3) is 0 Å². The molecule has 68 valence electrons.